The van der Waals surface area contributed by atoms with Crippen LogP contribution >= 0.6 is 0 Å². The van der Waals surface area contributed by atoms with E-state index in [-0.39, 0.29) is 22.0 Å². The average Bonchev–Trinajstić information content (AvgIpc) is 2.05. The zero-order valence-corrected chi connectivity index (χ0v) is 12.8. The van der Waals surface area contributed by atoms with Gasteiger partial charge in [0.05, 0.1) is 18.1 Å². The summed E-state index contributed by atoms with van der Waals surface area (Å²) in [6.07, 6.45) is 2.62. The number of ether oxygens (including phenoxy) is 1. The molecule has 0 radical (unpaired) electrons. The minimum atomic E-state index is -1.70. The van der Waals surface area contributed by atoms with Crippen molar-refractivity contribution in [2.24, 2.45) is 5.41 Å². The van der Waals surface area contributed by atoms with Gasteiger partial charge in [0.2, 0.25) is 0 Å². The monoisotopic (exact) mass is 256 g/mol. The smallest absolute Gasteiger partial charge is 0.312 e. The Labute approximate surface area is 105 Å². The normalized spacial score (nSPS) is 35.9. The second-order valence-corrected chi connectivity index (χ2v) is 12.1. The fraction of sp³-hybridized carbons (Fsp3) is 0.923. The second kappa shape index (κ2) is 3.35. The third kappa shape index (κ3) is 1.76. The summed E-state index contributed by atoms with van der Waals surface area (Å²) in [7, 11) is -0.226. The molecule has 17 heavy (non-hydrogen) atoms. The lowest BCUT2D eigenvalue weighted by Crippen LogP contribution is -2.74. The maximum absolute atomic E-state index is 11.6. The minimum Gasteiger partial charge on any atom is -0.469 e. The third-order valence-electron chi connectivity index (χ3n) is 4.88. The molecule has 0 aliphatic heterocycles. The van der Waals surface area contributed by atoms with E-state index in [2.05, 4.69) is 33.9 Å². The number of carbonyl (C=O) groups is 1. The Hall–Kier alpha value is -0.353. The summed E-state index contributed by atoms with van der Waals surface area (Å²) in [5.74, 6) is -0.0433. The molecule has 3 fully saturated rings. The van der Waals surface area contributed by atoms with Gasteiger partial charge in [-0.1, -0.05) is 20.8 Å². The highest BCUT2D eigenvalue weighted by atomic mass is 28.4. The Balaban J connectivity index is 1.97. The van der Waals surface area contributed by atoms with Gasteiger partial charge in [-0.05, 0) is 37.4 Å². The molecule has 0 atom stereocenters. The van der Waals surface area contributed by atoms with Crippen molar-refractivity contribution in [2.45, 2.75) is 63.8 Å². The van der Waals surface area contributed by atoms with Gasteiger partial charge in [0.1, 0.15) is 0 Å². The van der Waals surface area contributed by atoms with Crippen LogP contribution < -0.4 is 0 Å². The Morgan fingerprint density at radius 3 is 2.00 bits per heavy atom. The molecule has 3 aliphatic carbocycles. The summed E-state index contributed by atoms with van der Waals surface area (Å²) in [6.45, 7) is 11.3. The molecule has 3 rings (SSSR count). The summed E-state index contributed by atoms with van der Waals surface area (Å²) >= 11 is 0. The quantitative estimate of drug-likeness (QED) is 0.575. The summed E-state index contributed by atoms with van der Waals surface area (Å²) in [5.41, 5.74) is -0.172. The van der Waals surface area contributed by atoms with E-state index in [0.29, 0.717) is 0 Å². The van der Waals surface area contributed by atoms with Crippen LogP contribution in [-0.4, -0.2) is 27.0 Å². The fourth-order valence-corrected chi connectivity index (χ4v) is 4.54. The van der Waals surface area contributed by atoms with Gasteiger partial charge >= 0.3 is 5.97 Å². The fourth-order valence-electron chi connectivity index (χ4n) is 2.93. The molecule has 0 heterocycles. The zero-order valence-electron chi connectivity index (χ0n) is 11.8. The van der Waals surface area contributed by atoms with Crippen LogP contribution in [0.15, 0.2) is 0 Å². The Morgan fingerprint density at radius 2 is 1.65 bits per heavy atom. The maximum atomic E-state index is 11.6. The first-order chi connectivity index (χ1) is 7.56. The van der Waals surface area contributed by atoms with Crippen molar-refractivity contribution in [3.63, 3.8) is 0 Å². The second-order valence-electron chi connectivity index (χ2n) is 7.35. The van der Waals surface area contributed by atoms with E-state index >= 15 is 0 Å². The van der Waals surface area contributed by atoms with Crippen LogP contribution in [0.5, 0.6) is 0 Å². The lowest BCUT2D eigenvalue weighted by molar-refractivity contribution is -0.254. The predicted octanol–water partition coefficient (Wildman–Crippen LogP) is 3.10. The molecular formula is C13H24O3Si. The molecule has 0 aromatic carbocycles. The number of methoxy groups -OCH3 is 1. The van der Waals surface area contributed by atoms with Crippen molar-refractivity contribution in [3.05, 3.63) is 0 Å². The van der Waals surface area contributed by atoms with Crippen molar-refractivity contribution in [1.82, 2.24) is 0 Å². The van der Waals surface area contributed by atoms with Crippen molar-refractivity contribution in [3.8, 4) is 0 Å². The van der Waals surface area contributed by atoms with Crippen molar-refractivity contribution >= 4 is 14.3 Å². The molecule has 0 spiro atoms. The summed E-state index contributed by atoms with van der Waals surface area (Å²) in [4.78, 5) is 11.6. The number of carbonyl (C=O) groups excluding carboxylic acids is 1. The third-order valence-corrected chi connectivity index (χ3v) is 9.43. The number of hydrogen-bond acceptors (Lipinski definition) is 3. The highest BCUT2D eigenvalue weighted by Crippen LogP contribution is 2.70. The first kappa shape index (κ1) is 13.1. The molecule has 4 heteroatoms. The Bertz CT molecular complexity index is 334. The lowest BCUT2D eigenvalue weighted by atomic mass is 9.41. The number of esters is 1. The summed E-state index contributed by atoms with van der Waals surface area (Å²) in [6, 6.07) is 0. The van der Waals surface area contributed by atoms with E-state index in [0.717, 1.165) is 19.3 Å². The molecule has 0 N–H and O–H groups in total. The molecule has 0 saturated heterocycles. The van der Waals surface area contributed by atoms with E-state index in [9.17, 15) is 4.79 Å². The van der Waals surface area contributed by atoms with E-state index in [1.807, 2.05) is 0 Å². The van der Waals surface area contributed by atoms with Crippen LogP contribution in [0.1, 0.15) is 40.0 Å². The van der Waals surface area contributed by atoms with Gasteiger partial charge in [0.25, 0.3) is 0 Å². The van der Waals surface area contributed by atoms with Gasteiger partial charge in [-0.15, -0.1) is 0 Å². The van der Waals surface area contributed by atoms with E-state index in [1.165, 1.54) is 7.11 Å². The highest BCUT2D eigenvalue weighted by molar-refractivity contribution is 6.74. The SMILES string of the molecule is COC(=O)C12CC(O[Si](C)(C)C(C)(C)C)(C1)C2. The van der Waals surface area contributed by atoms with Crippen LogP contribution in [0.4, 0.5) is 0 Å². The Kier molecular flexibility index (Phi) is 2.58. The van der Waals surface area contributed by atoms with Gasteiger partial charge in [-0.25, -0.2) is 0 Å². The number of hydrogen-bond donors (Lipinski definition) is 0. The average molecular weight is 256 g/mol. The van der Waals surface area contributed by atoms with Gasteiger partial charge in [-0.2, -0.15) is 0 Å². The summed E-state index contributed by atoms with van der Waals surface area (Å²) in [5, 5.41) is 0.237. The van der Waals surface area contributed by atoms with E-state index in [1.54, 1.807) is 0 Å². The minimum absolute atomic E-state index is 0.0111. The van der Waals surface area contributed by atoms with Crippen molar-refractivity contribution in [1.29, 1.82) is 0 Å². The van der Waals surface area contributed by atoms with Crippen LogP contribution in [-0.2, 0) is 14.0 Å². The molecule has 0 amide bonds. The van der Waals surface area contributed by atoms with Crippen LogP contribution in [0.25, 0.3) is 0 Å². The van der Waals surface area contributed by atoms with Gasteiger partial charge in [-0.3, -0.25) is 4.79 Å². The molecule has 98 valence electrons. The number of rotatable bonds is 3. The zero-order chi connectivity index (χ0) is 13.1. The highest BCUT2D eigenvalue weighted by Gasteiger charge is 2.74. The predicted molar refractivity (Wildman–Crippen MR) is 69.3 cm³/mol. The largest absolute Gasteiger partial charge is 0.469 e. The molecular weight excluding hydrogens is 232 g/mol. The summed E-state index contributed by atoms with van der Waals surface area (Å²) < 4.78 is 11.3. The van der Waals surface area contributed by atoms with Crippen LogP contribution in [0.3, 0.4) is 0 Å². The van der Waals surface area contributed by atoms with Crippen molar-refractivity contribution in [2.75, 3.05) is 7.11 Å². The van der Waals surface area contributed by atoms with E-state index < -0.39 is 8.32 Å². The van der Waals surface area contributed by atoms with Gasteiger partial charge in [0, 0.05) is 0 Å². The first-order valence-electron chi connectivity index (χ1n) is 6.35. The van der Waals surface area contributed by atoms with Gasteiger partial charge < -0.3 is 9.16 Å². The van der Waals surface area contributed by atoms with E-state index in [4.69, 9.17) is 9.16 Å². The van der Waals surface area contributed by atoms with Gasteiger partial charge in [0.15, 0.2) is 8.32 Å². The van der Waals surface area contributed by atoms with Crippen molar-refractivity contribution < 1.29 is 14.0 Å². The molecule has 0 aromatic heterocycles. The van der Waals surface area contributed by atoms with Crippen LogP contribution in [0, 0.1) is 5.41 Å². The molecule has 0 unspecified atom stereocenters. The first-order valence-corrected chi connectivity index (χ1v) is 9.25. The maximum Gasteiger partial charge on any atom is 0.312 e. The Morgan fingerprint density at radius 1 is 1.18 bits per heavy atom. The molecule has 3 aliphatic rings. The standard InChI is InChI=1S/C13H24O3Si/c1-11(2,3)17(5,6)16-13-7-12(8-13,9-13)10(14)15-4/h7-9H2,1-6H3. The topological polar surface area (TPSA) is 35.5 Å². The molecule has 0 aromatic rings. The lowest BCUT2D eigenvalue weighted by Gasteiger charge is -2.70. The molecule has 2 bridgehead atoms. The van der Waals surface area contributed by atoms with Crippen LogP contribution in [0.2, 0.25) is 18.1 Å². The molecule has 3 saturated carbocycles. The molecule has 3 nitrogen and oxygen atoms in total.